The second-order valence-electron chi connectivity index (χ2n) is 7.46. The van der Waals surface area contributed by atoms with Gasteiger partial charge in [0.05, 0.1) is 26.4 Å². The number of carbonyl (C=O) groups excluding carboxylic acids is 1. The summed E-state index contributed by atoms with van der Waals surface area (Å²) in [6.07, 6.45) is 1.62. The number of nitrogens with zero attached hydrogens (tertiary/aromatic N) is 2. The quantitative estimate of drug-likeness (QED) is 0.674. The Hall–Kier alpha value is -1.98. The monoisotopic (exact) mass is 485 g/mol. The fraction of sp³-hybridized carbons (Fsp3) is 0.350. The minimum Gasteiger partial charge on any atom is -0.335 e. The van der Waals surface area contributed by atoms with Crippen LogP contribution in [0.1, 0.15) is 41.7 Å². The van der Waals surface area contributed by atoms with Gasteiger partial charge < -0.3 is 4.90 Å². The number of carbonyl (C=O) groups is 1. The van der Waals surface area contributed by atoms with Crippen molar-refractivity contribution in [3.63, 3.8) is 0 Å². The van der Waals surface area contributed by atoms with E-state index in [4.69, 9.17) is 16.7 Å². The van der Waals surface area contributed by atoms with E-state index in [0.717, 1.165) is 12.8 Å². The fourth-order valence-corrected chi connectivity index (χ4v) is 5.69. The molecule has 1 aliphatic heterocycles. The van der Waals surface area contributed by atoms with E-state index in [-0.39, 0.29) is 20.4 Å². The first-order valence-electron chi connectivity index (χ1n) is 9.62. The van der Waals surface area contributed by atoms with Crippen LogP contribution in [0.15, 0.2) is 52.3 Å². The lowest BCUT2D eigenvalue weighted by atomic mass is 10.1. The van der Waals surface area contributed by atoms with Gasteiger partial charge in [-0.1, -0.05) is 23.7 Å². The van der Waals surface area contributed by atoms with Gasteiger partial charge in [0, 0.05) is 20.1 Å². The van der Waals surface area contributed by atoms with E-state index in [1.54, 1.807) is 26.1 Å². The van der Waals surface area contributed by atoms with Crippen LogP contribution in [0.25, 0.3) is 0 Å². The third kappa shape index (κ3) is 4.93. The summed E-state index contributed by atoms with van der Waals surface area (Å²) in [5, 5.41) is 5.27. The SMILES string of the molecule is C[C@@H](c1ccc(S(N)(=O)=O)cc1)N(C)C(=O)c1cc(S(=O)(=O)N2CCCC2)ccc1Cl. The first kappa shape index (κ1) is 23.7. The molecule has 0 unspecified atom stereocenters. The molecule has 31 heavy (non-hydrogen) atoms. The first-order chi connectivity index (χ1) is 14.4. The third-order valence-electron chi connectivity index (χ3n) is 5.46. The fourth-order valence-electron chi connectivity index (χ4n) is 3.43. The maximum absolute atomic E-state index is 13.1. The molecule has 1 saturated heterocycles. The lowest BCUT2D eigenvalue weighted by molar-refractivity contribution is 0.0742. The van der Waals surface area contributed by atoms with Gasteiger partial charge in [0.2, 0.25) is 20.0 Å². The lowest BCUT2D eigenvalue weighted by Gasteiger charge is -2.26. The molecule has 0 aliphatic carbocycles. The summed E-state index contributed by atoms with van der Waals surface area (Å²) < 4.78 is 50.0. The predicted octanol–water partition coefficient (Wildman–Crippen LogP) is 2.61. The molecular formula is C20H24ClN3O5S2. The molecule has 2 aromatic carbocycles. The zero-order valence-corrected chi connectivity index (χ0v) is 19.5. The smallest absolute Gasteiger partial charge is 0.255 e. The molecule has 0 aromatic heterocycles. The van der Waals surface area contributed by atoms with E-state index in [0.29, 0.717) is 18.7 Å². The summed E-state index contributed by atoms with van der Waals surface area (Å²) >= 11 is 6.23. The normalized spacial score (nSPS) is 16.3. The van der Waals surface area contributed by atoms with Crippen LogP contribution in [-0.2, 0) is 20.0 Å². The Morgan fingerprint density at radius 3 is 2.13 bits per heavy atom. The predicted molar refractivity (Wildman–Crippen MR) is 118 cm³/mol. The minimum absolute atomic E-state index is 0.0275. The average Bonchev–Trinajstić information content (AvgIpc) is 3.27. The molecule has 2 N–H and O–H groups in total. The molecule has 3 rings (SSSR count). The number of hydrogen-bond donors (Lipinski definition) is 1. The van der Waals surface area contributed by atoms with E-state index in [9.17, 15) is 21.6 Å². The summed E-state index contributed by atoms with van der Waals surface area (Å²) in [7, 11) is -5.94. The molecule has 0 spiro atoms. The third-order valence-corrected chi connectivity index (χ3v) is 8.62. The Balaban J connectivity index is 1.88. The summed E-state index contributed by atoms with van der Waals surface area (Å²) in [4.78, 5) is 14.5. The van der Waals surface area contributed by atoms with Gasteiger partial charge in [0.1, 0.15) is 0 Å². The molecule has 1 atom stereocenters. The molecule has 0 radical (unpaired) electrons. The van der Waals surface area contributed by atoms with Crippen LogP contribution in [0.4, 0.5) is 0 Å². The molecule has 11 heteroatoms. The number of primary sulfonamides is 1. The summed E-state index contributed by atoms with van der Waals surface area (Å²) in [6, 6.07) is 9.58. The number of nitrogens with two attached hydrogens (primary N) is 1. The Bertz CT molecular complexity index is 1190. The van der Waals surface area contributed by atoms with Crippen LogP contribution >= 0.6 is 11.6 Å². The Kier molecular flexibility index (Phi) is 6.78. The van der Waals surface area contributed by atoms with Crippen LogP contribution in [0, 0.1) is 0 Å². The largest absolute Gasteiger partial charge is 0.335 e. The number of amides is 1. The molecule has 168 valence electrons. The van der Waals surface area contributed by atoms with Crippen molar-refractivity contribution in [3.05, 3.63) is 58.6 Å². The van der Waals surface area contributed by atoms with Crippen molar-refractivity contribution < 1.29 is 21.6 Å². The van der Waals surface area contributed by atoms with E-state index < -0.39 is 32.0 Å². The molecule has 0 bridgehead atoms. The van der Waals surface area contributed by atoms with Gasteiger partial charge in [0.15, 0.2) is 0 Å². The number of sulfonamides is 2. The number of rotatable bonds is 6. The molecule has 0 saturated carbocycles. The maximum Gasteiger partial charge on any atom is 0.255 e. The maximum atomic E-state index is 13.1. The standard InChI is InChI=1S/C20H24ClN3O5S2/c1-14(15-5-7-16(8-6-15)30(22,26)27)23(2)20(25)18-13-17(9-10-19(18)21)31(28,29)24-11-3-4-12-24/h5-10,13-14H,3-4,11-12H2,1-2H3,(H2,22,26,27)/t14-/m0/s1. The zero-order chi connectivity index (χ0) is 23.0. The van der Waals surface area contributed by atoms with Crippen molar-refractivity contribution in [2.24, 2.45) is 5.14 Å². The summed E-state index contributed by atoms with van der Waals surface area (Å²) in [5.74, 6) is -0.452. The topological polar surface area (TPSA) is 118 Å². The number of benzene rings is 2. The van der Waals surface area contributed by atoms with E-state index in [1.807, 2.05) is 0 Å². The van der Waals surface area contributed by atoms with Gasteiger partial charge in [0.25, 0.3) is 5.91 Å². The number of halogens is 1. The minimum atomic E-state index is -3.82. The highest BCUT2D eigenvalue weighted by atomic mass is 35.5. The van der Waals surface area contributed by atoms with Crippen LogP contribution < -0.4 is 5.14 Å². The van der Waals surface area contributed by atoms with Crippen LogP contribution in [0.2, 0.25) is 5.02 Å². The van der Waals surface area contributed by atoms with Crippen LogP contribution in [0.5, 0.6) is 0 Å². The highest BCUT2D eigenvalue weighted by Gasteiger charge is 2.29. The zero-order valence-electron chi connectivity index (χ0n) is 17.2. The lowest BCUT2D eigenvalue weighted by Crippen LogP contribution is -2.31. The van der Waals surface area contributed by atoms with Gasteiger partial charge in [-0.2, -0.15) is 4.31 Å². The highest BCUT2D eigenvalue weighted by molar-refractivity contribution is 7.89. The molecule has 1 heterocycles. The van der Waals surface area contributed by atoms with Crippen molar-refractivity contribution in [2.75, 3.05) is 20.1 Å². The Labute approximate surface area is 187 Å². The van der Waals surface area contributed by atoms with E-state index >= 15 is 0 Å². The molecular weight excluding hydrogens is 462 g/mol. The van der Waals surface area contributed by atoms with Crippen molar-refractivity contribution in [1.29, 1.82) is 0 Å². The van der Waals surface area contributed by atoms with Crippen molar-refractivity contribution >= 4 is 37.6 Å². The van der Waals surface area contributed by atoms with Gasteiger partial charge in [-0.25, -0.2) is 22.0 Å². The second kappa shape index (κ2) is 8.87. The molecule has 1 aliphatic rings. The van der Waals surface area contributed by atoms with Gasteiger partial charge in [-0.3, -0.25) is 4.79 Å². The first-order valence-corrected chi connectivity index (χ1v) is 13.0. The van der Waals surface area contributed by atoms with E-state index in [2.05, 4.69) is 0 Å². The summed E-state index contributed by atoms with van der Waals surface area (Å²) in [5.41, 5.74) is 0.762. The van der Waals surface area contributed by atoms with Gasteiger partial charge in [-0.15, -0.1) is 0 Å². The summed E-state index contributed by atoms with van der Waals surface area (Å²) in [6.45, 7) is 2.68. The Morgan fingerprint density at radius 2 is 1.58 bits per heavy atom. The van der Waals surface area contributed by atoms with Crippen LogP contribution in [0.3, 0.4) is 0 Å². The molecule has 1 fully saturated rings. The molecule has 2 aromatic rings. The second-order valence-corrected chi connectivity index (χ2v) is 11.4. The van der Waals surface area contributed by atoms with Gasteiger partial charge >= 0.3 is 0 Å². The van der Waals surface area contributed by atoms with Crippen molar-refractivity contribution in [1.82, 2.24) is 9.21 Å². The molecule has 8 nitrogen and oxygen atoms in total. The van der Waals surface area contributed by atoms with Gasteiger partial charge in [-0.05, 0) is 55.7 Å². The van der Waals surface area contributed by atoms with Crippen molar-refractivity contribution in [2.45, 2.75) is 35.6 Å². The molecule has 1 amide bonds. The average molecular weight is 486 g/mol. The number of hydrogen-bond acceptors (Lipinski definition) is 5. The van der Waals surface area contributed by atoms with Crippen LogP contribution in [-0.4, -0.2) is 52.1 Å². The highest BCUT2D eigenvalue weighted by Crippen LogP contribution is 2.28. The Morgan fingerprint density at radius 1 is 1.03 bits per heavy atom. The van der Waals surface area contributed by atoms with Crippen molar-refractivity contribution in [3.8, 4) is 0 Å². The van der Waals surface area contributed by atoms with E-state index in [1.165, 1.54) is 39.5 Å².